The zero-order chi connectivity index (χ0) is 17.2. The van der Waals surface area contributed by atoms with Gasteiger partial charge in [-0.3, -0.25) is 9.69 Å². The van der Waals surface area contributed by atoms with Crippen molar-refractivity contribution in [1.29, 1.82) is 0 Å². The number of allylic oxidation sites excluding steroid dienone is 2. The van der Waals surface area contributed by atoms with Gasteiger partial charge in [-0.15, -0.1) is 0 Å². The molecular weight excluding hydrogens is 300 g/mol. The topological polar surface area (TPSA) is 32.8 Å². The van der Waals surface area contributed by atoms with Gasteiger partial charge >= 0.3 is 0 Å². The SMILES string of the molecule is CC(C)(C)CC(=O)N(CCN1CCOCC1)CC1CC2C=CC1C2. The van der Waals surface area contributed by atoms with Crippen LogP contribution in [-0.4, -0.2) is 61.6 Å². The number of nitrogens with zero attached hydrogens (tertiary/aromatic N) is 2. The van der Waals surface area contributed by atoms with E-state index in [0.29, 0.717) is 24.2 Å². The van der Waals surface area contributed by atoms with E-state index in [1.54, 1.807) is 0 Å². The number of amides is 1. The Morgan fingerprint density at radius 1 is 1.21 bits per heavy atom. The number of ether oxygens (including phenoxy) is 1. The highest BCUT2D eigenvalue weighted by Crippen LogP contribution is 2.43. The quantitative estimate of drug-likeness (QED) is 0.700. The fraction of sp³-hybridized carbons (Fsp3) is 0.850. The van der Waals surface area contributed by atoms with Crippen molar-refractivity contribution >= 4 is 5.91 Å². The maximum absolute atomic E-state index is 12.9. The van der Waals surface area contributed by atoms with Crippen molar-refractivity contribution in [3.8, 4) is 0 Å². The fourth-order valence-corrected chi connectivity index (χ4v) is 4.36. The molecule has 1 amide bonds. The Morgan fingerprint density at radius 2 is 1.96 bits per heavy atom. The van der Waals surface area contributed by atoms with E-state index in [4.69, 9.17) is 4.74 Å². The minimum Gasteiger partial charge on any atom is -0.379 e. The first-order valence-corrected chi connectivity index (χ1v) is 9.67. The van der Waals surface area contributed by atoms with Crippen LogP contribution in [-0.2, 0) is 9.53 Å². The van der Waals surface area contributed by atoms with Gasteiger partial charge in [-0.05, 0) is 36.0 Å². The van der Waals surface area contributed by atoms with Crippen molar-refractivity contribution in [3.05, 3.63) is 12.2 Å². The molecule has 3 rings (SSSR count). The summed E-state index contributed by atoms with van der Waals surface area (Å²) in [4.78, 5) is 17.5. The third kappa shape index (κ3) is 4.82. The number of hydrogen-bond donors (Lipinski definition) is 0. The van der Waals surface area contributed by atoms with E-state index < -0.39 is 0 Å². The van der Waals surface area contributed by atoms with Crippen molar-refractivity contribution in [1.82, 2.24) is 9.80 Å². The molecule has 0 aromatic rings. The summed E-state index contributed by atoms with van der Waals surface area (Å²) in [5.41, 5.74) is 0.0584. The molecule has 3 atom stereocenters. The van der Waals surface area contributed by atoms with Crippen LogP contribution in [0.2, 0.25) is 0 Å². The van der Waals surface area contributed by atoms with Crippen LogP contribution in [0.25, 0.3) is 0 Å². The second-order valence-electron chi connectivity index (χ2n) is 9.07. The van der Waals surface area contributed by atoms with Crippen molar-refractivity contribution in [2.75, 3.05) is 45.9 Å². The first-order valence-electron chi connectivity index (χ1n) is 9.67. The fourth-order valence-electron chi connectivity index (χ4n) is 4.36. The van der Waals surface area contributed by atoms with Gasteiger partial charge in [-0.1, -0.05) is 32.9 Å². The lowest BCUT2D eigenvalue weighted by atomic mass is 9.90. The lowest BCUT2D eigenvalue weighted by molar-refractivity contribution is -0.134. The maximum atomic E-state index is 12.9. The molecule has 1 saturated carbocycles. The molecule has 1 aliphatic heterocycles. The van der Waals surface area contributed by atoms with Crippen LogP contribution in [0.5, 0.6) is 0 Å². The Morgan fingerprint density at radius 3 is 2.54 bits per heavy atom. The summed E-state index contributed by atoms with van der Waals surface area (Å²) in [5.74, 6) is 2.50. The summed E-state index contributed by atoms with van der Waals surface area (Å²) >= 11 is 0. The van der Waals surface area contributed by atoms with Crippen LogP contribution in [0.1, 0.15) is 40.0 Å². The average molecular weight is 335 g/mol. The van der Waals surface area contributed by atoms with Gasteiger partial charge in [0.15, 0.2) is 0 Å². The van der Waals surface area contributed by atoms with Gasteiger partial charge < -0.3 is 9.64 Å². The summed E-state index contributed by atoms with van der Waals surface area (Å²) < 4.78 is 5.43. The highest BCUT2D eigenvalue weighted by Gasteiger charge is 2.37. The lowest BCUT2D eigenvalue weighted by Gasteiger charge is -2.34. The second kappa shape index (κ2) is 7.57. The van der Waals surface area contributed by atoms with E-state index in [9.17, 15) is 4.79 Å². The van der Waals surface area contributed by atoms with Gasteiger partial charge in [-0.25, -0.2) is 0 Å². The summed E-state index contributed by atoms with van der Waals surface area (Å²) in [6.07, 6.45) is 8.02. The summed E-state index contributed by atoms with van der Waals surface area (Å²) in [7, 11) is 0. The highest BCUT2D eigenvalue weighted by atomic mass is 16.5. The smallest absolute Gasteiger partial charge is 0.223 e. The van der Waals surface area contributed by atoms with Gasteiger partial charge in [0, 0.05) is 39.1 Å². The second-order valence-corrected chi connectivity index (χ2v) is 9.07. The molecule has 1 heterocycles. The van der Waals surface area contributed by atoms with E-state index in [1.807, 2.05) is 0 Å². The molecule has 1 saturated heterocycles. The van der Waals surface area contributed by atoms with Crippen molar-refractivity contribution < 1.29 is 9.53 Å². The molecule has 0 N–H and O–H groups in total. The van der Waals surface area contributed by atoms with Crippen molar-refractivity contribution in [2.24, 2.45) is 23.2 Å². The predicted molar refractivity (Wildman–Crippen MR) is 96.8 cm³/mol. The number of hydrogen-bond acceptors (Lipinski definition) is 3. The Balaban J connectivity index is 1.57. The average Bonchev–Trinajstić information content (AvgIpc) is 3.13. The molecule has 2 bridgehead atoms. The Labute approximate surface area is 147 Å². The van der Waals surface area contributed by atoms with Gasteiger partial charge in [0.2, 0.25) is 5.91 Å². The number of carbonyl (C=O) groups is 1. The zero-order valence-corrected chi connectivity index (χ0v) is 15.7. The van der Waals surface area contributed by atoms with Crippen LogP contribution >= 0.6 is 0 Å². The van der Waals surface area contributed by atoms with E-state index in [2.05, 4.69) is 42.7 Å². The Bertz CT molecular complexity index is 463. The summed E-state index contributed by atoms with van der Waals surface area (Å²) in [6, 6.07) is 0. The molecule has 3 aliphatic rings. The number of rotatable bonds is 6. The number of fused-ring (bicyclic) bond motifs is 2. The van der Waals surface area contributed by atoms with Gasteiger partial charge in [0.05, 0.1) is 13.2 Å². The van der Waals surface area contributed by atoms with Crippen LogP contribution in [0.15, 0.2) is 12.2 Å². The minimum absolute atomic E-state index is 0.0584. The molecule has 0 spiro atoms. The number of carbonyl (C=O) groups excluding carboxylic acids is 1. The summed E-state index contributed by atoms with van der Waals surface area (Å²) in [5, 5.41) is 0. The molecule has 0 aromatic carbocycles. The maximum Gasteiger partial charge on any atom is 0.223 e. The minimum atomic E-state index is 0.0584. The van der Waals surface area contributed by atoms with Crippen LogP contribution < -0.4 is 0 Å². The molecule has 0 aromatic heterocycles. The first-order chi connectivity index (χ1) is 11.4. The van der Waals surface area contributed by atoms with Crippen LogP contribution in [0.3, 0.4) is 0 Å². The highest BCUT2D eigenvalue weighted by molar-refractivity contribution is 5.76. The lowest BCUT2D eigenvalue weighted by Crippen LogP contribution is -2.45. The molecule has 2 fully saturated rings. The predicted octanol–water partition coefficient (Wildman–Crippen LogP) is 2.80. The van der Waals surface area contributed by atoms with E-state index in [0.717, 1.165) is 51.9 Å². The molecule has 3 unspecified atom stereocenters. The molecule has 2 aliphatic carbocycles. The molecule has 136 valence electrons. The molecule has 4 nitrogen and oxygen atoms in total. The molecule has 4 heteroatoms. The monoisotopic (exact) mass is 334 g/mol. The van der Waals surface area contributed by atoms with E-state index in [-0.39, 0.29) is 5.41 Å². The van der Waals surface area contributed by atoms with E-state index in [1.165, 1.54) is 12.8 Å². The molecular formula is C20H34N2O2. The van der Waals surface area contributed by atoms with Gasteiger partial charge in [-0.2, -0.15) is 0 Å². The van der Waals surface area contributed by atoms with E-state index >= 15 is 0 Å². The molecule has 24 heavy (non-hydrogen) atoms. The van der Waals surface area contributed by atoms with Crippen molar-refractivity contribution in [3.63, 3.8) is 0 Å². The Kier molecular flexibility index (Phi) is 5.66. The third-order valence-electron chi connectivity index (χ3n) is 5.70. The first kappa shape index (κ1) is 17.9. The summed E-state index contributed by atoms with van der Waals surface area (Å²) in [6.45, 7) is 12.9. The largest absolute Gasteiger partial charge is 0.379 e. The van der Waals surface area contributed by atoms with Gasteiger partial charge in [0.25, 0.3) is 0 Å². The van der Waals surface area contributed by atoms with Crippen LogP contribution in [0.4, 0.5) is 0 Å². The normalized spacial score (nSPS) is 30.0. The zero-order valence-electron chi connectivity index (χ0n) is 15.7. The standard InChI is InChI=1S/C20H34N2O2/c1-20(2,3)14-19(23)22(7-6-21-8-10-24-11-9-21)15-18-13-16-4-5-17(18)12-16/h4-5,16-18H,6-15H2,1-3H3. The molecule has 0 radical (unpaired) electrons. The Hall–Kier alpha value is -0.870. The third-order valence-corrected chi connectivity index (χ3v) is 5.70. The van der Waals surface area contributed by atoms with Gasteiger partial charge in [0.1, 0.15) is 0 Å². The van der Waals surface area contributed by atoms with Crippen LogP contribution in [0, 0.1) is 23.2 Å². The number of morpholine rings is 1. The van der Waals surface area contributed by atoms with Crippen molar-refractivity contribution in [2.45, 2.75) is 40.0 Å².